The van der Waals surface area contributed by atoms with Crippen molar-refractivity contribution in [2.24, 2.45) is 5.92 Å². The van der Waals surface area contributed by atoms with E-state index in [2.05, 4.69) is 0 Å². The molecule has 0 aliphatic carbocycles. The number of carbonyl (C=O) groups is 2. The smallest absolute Gasteiger partial charge is 0.309 e. The summed E-state index contributed by atoms with van der Waals surface area (Å²) in [6.07, 6.45) is 0.488. The van der Waals surface area contributed by atoms with E-state index in [9.17, 15) is 9.59 Å². The number of esters is 2. The molecule has 0 bridgehead atoms. The van der Waals surface area contributed by atoms with Gasteiger partial charge in [-0.15, -0.1) is 11.6 Å². The first-order valence-corrected chi connectivity index (χ1v) is 6.44. The molecule has 0 N–H and O–H groups in total. The van der Waals surface area contributed by atoms with Gasteiger partial charge in [0.05, 0.1) is 18.9 Å². The molecule has 0 amide bonds. The van der Waals surface area contributed by atoms with E-state index in [4.69, 9.17) is 21.1 Å². The third-order valence-electron chi connectivity index (χ3n) is 1.90. The van der Waals surface area contributed by atoms with Gasteiger partial charge in [0.15, 0.2) is 0 Å². The lowest BCUT2D eigenvalue weighted by Crippen LogP contribution is -2.24. The Kier molecular flexibility index (Phi) is 8.86. The number of alkyl halides is 1. The third-order valence-corrected chi connectivity index (χ3v) is 2.24. The lowest BCUT2D eigenvalue weighted by molar-refractivity contribution is -0.154. The second-order valence-corrected chi connectivity index (χ2v) is 4.61. The Morgan fingerprint density at radius 3 is 2.35 bits per heavy atom. The van der Waals surface area contributed by atoms with E-state index in [1.54, 1.807) is 0 Å². The van der Waals surface area contributed by atoms with Gasteiger partial charge in [0, 0.05) is 6.42 Å². The number of halogens is 1. The number of carbonyl (C=O) groups excluding carboxylic acids is 2. The molecular formula is C12H21ClO4. The van der Waals surface area contributed by atoms with Crippen LogP contribution in [0.3, 0.4) is 0 Å². The van der Waals surface area contributed by atoms with E-state index in [0.717, 1.165) is 0 Å². The van der Waals surface area contributed by atoms with Gasteiger partial charge in [-0.05, 0) is 12.3 Å². The fraction of sp³-hybridized carbons (Fsp3) is 0.833. The number of ether oxygens (including phenoxy) is 2. The Morgan fingerprint density at radius 2 is 1.88 bits per heavy atom. The molecule has 1 unspecified atom stereocenters. The second kappa shape index (κ2) is 9.28. The quantitative estimate of drug-likeness (QED) is 0.499. The lowest BCUT2D eigenvalue weighted by atomic mass is 10.2. The molecular weight excluding hydrogens is 244 g/mol. The van der Waals surface area contributed by atoms with E-state index >= 15 is 0 Å². The fourth-order valence-corrected chi connectivity index (χ4v) is 1.25. The molecule has 0 heterocycles. The minimum absolute atomic E-state index is 0.0195. The van der Waals surface area contributed by atoms with Crippen molar-refractivity contribution in [1.82, 2.24) is 0 Å². The van der Waals surface area contributed by atoms with E-state index in [0.29, 0.717) is 19.4 Å². The summed E-state index contributed by atoms with van der Waals surface area (Å²) in [4.78, 5) is 22.6. The molecule has 0 aliphatic rings. The van der Waals surface area contributed by atoms with Crippen molar-refractivity contribution >= 4 is 23.5 Å². The van der Waals surface area contributed by atoms with Crippen LogP contribution in [0.1, 0.15) is 40.0 Å². The van der Waals surface area contributed by atoms with Gasteiger partial charge < -0.3 is 9.47 Å². The molecule has 5 heteroatoms. The molecule has 100 valence electrons. The highest BCUT2D eigenvalue weighted by atomic mass is 35.5. The summed E-state index contributed by atoms with van der Waals surface area (Å²) < 4.78 is 10.0. The maximum absolute atomic E-state index is 11.4. The van der Waals surface area contributed by atoms with Gasteiger partial charge in [-0.3, -0.25) is 9.59 Å². The highest BCUT2D eigenvalue weighted by Crippen LogP contribution is 2.06. The topological polar surface area (TPSA) is 52.6 Å². The maximum atomic E-state index is 11.4. The summed E-state index contributed by atoms with van der Waals surface area (Å²) in [5, 5.41) is 0. The average Bonchev–Trinajstić information content (AvgIpc) is 2.25. The van der Waals surface area contributed by atoms with Crippen LogP contribution in [0, 0.1) is 5.92 Å². The SMILES string of the molecule is CCCC(=O)OC(CCl)CC(=O)OCC(C)C. The molecule has 0 aliphatic heterocycles. The van der Waals surface area contributed by atoms with Crippen LogP contribution in [0.25, 0.3) is 0 Å². The van der Waals surface area contributed by atoms with Gasteiger partial charge in [-0.1, -0.05) is 20.8 Å². The molecule has 0 aromatic heterocycles. The summed E-state index contributed by atoms with van der Waals surface area (Å²) in [6.45, 7) is 6.16. The van der Waals surface area contributed by atoms with Crippen molar-refractivity contribution in [2.45, 2.75) is 46.1 Å². The van der Waals surface area contributed by atoms with Crippen molar-refractivity contribution in [3.8, 4) is 0 Å². The summed E-state index contributed by atoms with van der Waals surface area (Å²) in [5.41, 5.74) is 0. The van der Waals surface area contributed by atoms with Gasteiger partial charge >= 0.3 is 11.9 Å². The number of hydrogen-bond donors (Lipinski definition) is 0. The maximum Gasteiger partial charge on any atom is 0.309 e. The molecule has 0 saturated heterocycles. The predicted octanol–water partition coefficient (Wildman–Crippen LogP) is 2.53. The Labute approximate surface area is 108 Å². The lowest BCUT2D eigenvalue weighted by Gasteiger charge is -2.15. The fourth-order valence-electron chi connectivity index (χ4n) is 1.08. The van der Waals surface area contributed by atoms with Gasteiger partial charge in [0.2, 0.25) is 0 Å². The molecule has 0 saturated carbocycles. The van der Waals surface area contributed by atoms with Crippen molar-refractivity contribution in [2.75, 3.05) is 12.5 Å². The first kappa shape index (κ1) is 16.2. The normalized spacial score (nSPS) is 12.3. The van der Waals surface area contributed by atoms with E-state index in [1.807, 2.05) is 20.8 Å². The van der Waals surface area contributed by atoms with E-state index in [-0.39, 0.29) is 30.2 Å². The van der Waals surface area contributed by atoms with Crippen molar-refractivity contribution in [3.63, 3.8) is 0 Å². The van der Waals surface area contributed by atoms with Gasteiger partial charge in [0.1, 0.15) is 6.10 Å². The van der Waals surface area contributed by atoms with Crippen LogP contribution in [-0.4, -0.2) is 30.5 Å². The summed E-state index contributed by atoms with van der Waals surface area (Å²) in [5.74, 6) is -0.314. The van der Waals surface area contributed by atoms with E-state index < -0.39 is 6.10 Å². The molecule has 4 nitrogen and oxygen atoms in total. The monoisotopic (exact) mass is 264 g/mol. The Hall–Kier alpha value is -0.770. The second-order valence-electron chi connectivity index (χ2n) is 4.30. The van der Waals surface area contributed by atoms with Crippen LogP contribution >= 0.6 is 11.6 Å². The van der Waals surface area contributed by atoms with Crippen molar-refractivity contribution < 1.29 is 19.1 Å². The zero-order valence-electron chi connectivity index (χ0n) is 10.7. The molecule has 0 radical (unpaired) electrons. The Morgan fingerprint density at radius 1 is 1.24 bits per heavy atom. The molecule has 0 fully saturated rings. The van der Waals surface area contributed by atoms with Crippen LogP contribution in [0.2, 0.25) is 0 Å². The molecule has 1 atom stereocenters. The molecule has 17 heavy (non-hydrogen) atoms. The van der Waals surface area contributed by atoms with Crippen LogP contribution in [-0.2, 0) is 19.1 Å². The van der Waals surface area contributed by atoms with Crippen LogP contribution in [0.15, 0.2) is 0 Å². The van der Waals surface area contributed by atoms with Crippen LogP contribution in [0.5, 0.6) is 0 Å². The first-order valence-electron chi connectivity index (χ1n) is 5.90. The third kappa shape index (κ3) is 8.98. The predicted molar refractivity (Wildman–Crippen MR) is 65.9 cm³/mol. The minimum atomic E-state index is -0.588. The summed E-state index contributed by atoms with van der Waals surface area (Å²) in [6, 6.07) is 0. The van der Waals surface area contributed by atoms with Crippen molar-refractivity contribution in [3.05, 3.63) is 0 Å². The minimum Gasteiger partial charge on any atom is -0.465 e. The van der Waals surface area contributed by atoms with Gasteiger partial charge in [0.25, 0.3) is 0 Å². The largest absolute Gasteiger partial charge is 0.465 e. The van der Waals surface area contributed by atoms with Crippen molar-refractivity contribution in [1.29, 1.82) is 0 Å². The standard InChI is InChI=1S/C12H21ClO4/c1-4-5-11(14)17-10(7-13)6-12(15)16-8-9(2)3/h9-10H,4-8H2,1-3H3. The van der Waals surface area contributed by atoms with Crippen LogP contribution in [0.4, 0.5) is 0 Å². The summed E-state index contributed by atoms with van der Waals surface area (Å²) >= 11 is 5.63. The Bertz CT molecular complexity index is 241. The molecule has 0 rings (SSSR count). The van der Waals surface area contributed by atoms with Gasteiger partial charge in [-0.2, -0.15) is 0 Å². The zero-order valence-corrected chi connectivity index (χ0v) is 11.5. The van der Waals surface area contributed by atoms with E-state index in [1.165, 1.54) is 0 Å². The Balaban J connectivity index is 3.95. The highest BCUT2D eigenvalue weighted by molar-refractivity contribution is 6.18. The molecule has 0 aromatic rings. The first-order chi connectivity index (χ1) is 7.99. The average molecular weight is 265 g/mol. The van der Waals surface area contributed by atoms with Gasteiger partial charge in [-0.25, -0.2) is 0 Å². The number of rotatable bonds is 8. The highest BCUT2D eigenvalue weighted by Gasteiger charge is 2.18. The molecule has 0 aromatic carbocycles. The molecule has 0 spiro atoms. The zero-order chi connectivity index (χ0) is 13.3. The van der Waals surface area contributed by atoms with Crippen LogP contribution < -0.4 is 0 Å². The number of hydrogen-bond acceptors (Lipinski definition) is 4. The summed E-state index contributed by atoms with van der Waals surface area (Å²) in [7, 11) is 0.